The summed E-state index contributed by atoms with van der Waals surface area (Å²) in [6.45, 7) is 0. The summed E-state index contributed by atoms with van der Waals surface area (Å²) in [5.41, 5.74) is 5.18. The molecule has 0 bridgehead atoms. The molecule has 0 amide bonds. The number of benzene rings is 3. The standard InChI is InChI=1S/C21H14ClN3O2S/c22-16-9-7-15(8-10-16)20(26)27-17-11-5-14(6-12-17)13-23-25-21-24-18-3-1-2-4-19(18)28-21/h1-13H,(H,24,25). The molecule has 0 radical (unpaired) electrons. The highest BCUT2D eigenvalue weighted by atomic mass is 35.5. The molecule has 5 nitrogen and oxygen atoms in total. The van der Waals surface area contributed by atoms with Crippen LogP contribution < -0.4 is 10.2 Å². The lowest BCUT2D eigenvalue weighted by atomic mass is 10.2. The molecule has 3 aromatic carbocycles. The maximum atomic E-state index is 12.1. The lowest BCUT2D eigenvalue weighted by molar-refractivity contribution is 0.0735. The van der Waals surface area contributed by atoms with Gasteiger partial charge in [0.05, 0.1) is 22.0 Å². The van der Waals surface area contributed by atoms with E-state index in [1.807, 2.05) is 36.4 Å². The number of halogens is 1. The summed E-state index contributed by atoms with van der Waals surface area (Å²) in [6, 6.07) is 21.5. The third kappa shape index (κ3) is 4.36. The van der Waals surface area contributed by atoms with Gasteiger partial charge in [-0.25, -0.2) is 9.78 Å². The Hall–Kier alpha value is -3.22. The van der Waals surface area contributed by atoms with Gasteiger partial charge >= 0.3 is 5.97 Å². The summed E-state index contributed by atoms with van der Waals surface area (Å²) in [6.07, 6.45) is 1.68. The average Bonchev–Trinajstić information content (AvgIpc) is 3.12. The number of fused-ring (bicyclic) bond motifs is 1. The van der Waals surface area contributed by atoms with Gasteiger partial charge < -0.3 is 4.74 Å². The summed E-state index contributed by atoms with van der Waals surface area (Å²) in [4.78, 5) is 16.6. The van der Waals surface area contributed by atoms with Crippen LogP contribution in [0.15, 0.2) is 77.9 Å². The van der Waals surface area contributed by atoms with Gasteiger partial charge in [-0.05, 0) is 66.2 Å². The molecule has 1 heterocycles. The van der Waals surface area contributed by atoms with E-state index in [2.05, 4.69) is 15.5 Å². The lowest BCUT2D eigenvalue weighted by Gasteiger charge is -2.04. The van der Waals surface area contributed by atoms with E-state index in [1.165, 1.54) is 11.3 Å². The van der Waals surface area contributed by atoms with Gasteiger partial charge in [-0.3, -0.25) is 5.43 Å². The minimum absolute atomic E-state index is 0.435. The molecule has 4 rings (SSSR count). The van der Waals surface area contributed by atoms with Crippen molar-refractivity contribution in [2.45, 2.75) is 0 Å². The highest BCUT2D eigenvalue weighted by Gasteiger charge is 2.08. The fraction of sp³-hybridized carbons (Fsp3) is 0. The van der Waals surface area contributed by atoms with Gasteiger partial charge in [0.1, 0.15) is 5.75 Å². The zero-order valence-electron chi connectivity index (χ0n) is 14.5. The molecule has 0 aliphatic rings. The minimum Gasteiger partial charge on any atom is -0.423 e. The number of carbonyl (C=O) groups is 1. The molecule has 0 spiro atoms. The first kappa shape index (κ1) is 18.2. The van der Waals surface area contributed by atoms with Crippen molar-refractivity contribution in [1.82, 2.24) is 4.98 Å². The first-order valence-electron chi connectivity index (χ1n) is 8.40. The summed E-state index contributed by atoms with van der Waals surface area (Å²) in [5.74, 6) is 0.0202. The van der Waals surface area contributed by atoms with Crippen molar-refractivity contribution in [2.24, 2.45) is 5.10 Å². The zero-order chi connectivity index (χ0) is 19.3. The van der Waals surface area contributed by atoms with Crippen LogP contribution in [0.3, 0.4) is 0 Å². The topological polar surface area (TPSA) is 63.6 Å². The van der Waals surface area contributed by atoms with Gasteiger partial charge in [-0.1, -0.05) is 35.1 Å². The van der Waals surface area contributed by atoms with Crippen molar-refractivity contribution in [1.29, 1.82) is 0 Å². The number of thiazole rings is 1. The van der Waals surface area contributed by atoms with Gasteiger partial charge in [-0.15, -0.1) is 0 Å². The molecule has 7 heteroatoms. The van der Waals surface area contributed by atoms with E-state index in [4.69, 9.17) is 16.3 Å². The molecular formula is C21H14ClN3O2S. The quantitative estimate of drug-likeness (QED) is 0.202. The van der Waals surface area contributed by atoms with Crippen molar-refractivity contribution in [3.8, 4) is 5.75 Å². The minimum atomic E-state index is -0.435. The number of rotatable bonds is 5. The van der Waals surface area contributed by atoms with Crippen molar-refractivity contribution in [2.75, 3.05) is 5.43 Å². The lowest BCUT2D eigenvalue weighted by Crippen LogP contribution is -2.08. The zero-order valence-corrected chi connectivity index (χ0v) is 16.1. The molecule has 0 atom stereocenters. The Balaban J connectivity index is 1.36. The molecule has 0 fully saturated rings. The molecule has 0 unspecified atom stereocenters. The van der Waals surface area contributed by atoms with E-state index in [-0.39, 0.29) is 0 Å². The van der Waals surface area contributed by atoms with E-state index in [9.17, 15) is 4.79 Å². The maximum absolute atomic E-state index is 12.1. The summed E-state index contributed by atoms with van der Waals surface area (Å²) in [5, 5.41) is 5.50. The molecular weight excluding hydrogens is 394 g/mol. The van der Waals surface area contributed by atoms with Crippen LogP contribution in [0.2, 0.25) is 5.02 Å². The van der Waals surface area contributed by atoms with Crippen LogP contribution >= 0.6 is 22.9 Å². The summed E-state index contributed by atoms with van der Waals surface area (Å²) in [7, 11) is 0. The Morgan fingerprint density at radius 1 is 1.04 bits per heavy atom. The largest absolute Gasteiger partial charge is 0.423 e. The van der Waals surface area contributed by atoms with Crippen molar-refractivity contribution in [3.63, 3.8) is 0 Å². The number of hydrogen-bond donors (Lipinski definition) is 1. The van der Waals surface area contributed by atoms with Crippen LogP contribution in [0, 0.1) is 0 Å². The van der Waals surface area contributed by atoms with E-state index in [0.29, 0.717) is 16.3 Å². The molecule has 0 aliphatic carbocycles. The maximum Gasteiger partial charge on any atom is 0.343 e. The summed E-state index contributed by atoms with van der Waals surface area (Å²) < 4.78 is 6.46. The Bertz CT molecular complexity index is 1110. The molecule has 1 N–H and O–H groups in total. The first-order chi connectivity index (χ1) is 13.7. The van der Waals surface area contributed by atoms with E-state index < -0.39 is 5.97 Å². The molecule has 0 saturated heterocycles. The highest BCUT2D eigenvalue weighted by molar-refractivity contribution is 7.22. The number of ether oxygens (including phenoxy) is 1. The Morgan fingerprint density at radius 3 is 2.54 bits per heavy atom. The van der Waals surface area contributed by atoms with Crippen LogP contribution in [0.1, 0.15) is 15.9 Å². The third-order valence-electron chi connectivity index (χ3n) is 3.84. The van der Waals surface area contributed by atoms with Gasteiger partial charge in [-0.2, -0.15) is 5.10 Å². The van der Waals surface area contributed by atoms with Crippen LogP contribution in [0.25, 0.3) is 10.2 Å². The highest BCUT2D eigenvalue weighted by Crippen LogP contribution is 2.25. The molecule has 1 aromatic heterocycles. The SMILES string of the molecule is O=C(Oc1ccc(C=NNc2nc3ccccc3s2)cc1)c1ccc(Cl)cc1. The second-order valence-electron chi connectivity index (χ2n) is 5.82. The normalized spacial score (nSPS) is 11.0. The van der Waals surface area contributed by atoms with Crippen LogP contribution in [-0.2, 0) is 0 Å². The van der Waals surface area contributed by atoms with Crippen LogP contribution in [0.5, 0.6) is 5.75 Å². The number of carbonyl (C=O) groups excluding carboxylic acids is 1. The second-order valence-corrected chi connectivity index (χ2v) is 7.29. The summed E-state index contributed by atoms with van der Waals surface area (Å²) >= 11 is 7.36. The van der Waals surface area contributed by atoms with Gasteiger partial charge in [0.25, 0.3) is 0 Å². The van der Waals surface area contributed by atoms with E-state index >= 15 is 0 Å². The van der Waals surface area contributed by atoms with Crippen molar-refractivity contribution >= 4 is 50.5 Å². The Labute approximate surface area is 170 Å². The van der Waals surface area contributed by atoms with Crippen LogP contribution in [-0.4, -0.2) is 17.2 Å². The number of aromatic nitrogens is 1. The van der Waals surface area contributed by atoms with Gasteiger partial charge in [0.2, 0.25) is 5.13 Å². The molecule has 0 aliphatic heterocycles. The van der Waals surface area contributed by atoms with Gasteiger partial charge in [0, 0.05) is 5.02 Å². The Morgan fingerprint density at radius 2 is 1.79 bits per heavy atom. The number of anilines is 1. The number of nitrogens with one attached hydrogen (secondary N) is 1. The molecule has 0 saturated carbocycles. The molecule has 28 heavy (non-hydrogen) atoms. The van der Waals surface area contributed by atoms with E-state index in [1.54, 1.807) is 42.6 Å². The number of hydrazone groups is 1. The molecule has 4 aromatic rings. The van der Waals surface area contributed by atoms with E-state index in [0.717, 1.165) is 20.9 Å². The predicted octanol–water partition coefficient (Wildman–Crippen LogP) is 5.61. The number of nitrogens with zero attached hydrogens (tertiary/aromatic N) is 2. The number of para-hydroxylation sites is 1. The van der Waals surface area contributed by atoms with Gasteiger partial charge in [0.15, 0.2) is 0 Å². The second kappa shape index (κ2) is 8.21. The smallest absolute Gasteiger partial charge is 0.343 e. The Kier molecular flexibility index (Phi) is 5.32. The number of esters is 1. The third-order valence-corrected chi connectivity index (χ3v) is 5.03. The van der Waals surface area contributed by atoms with Crippen molar-refractivity contribution < 1.29 is 9.53 Å². The molecule has 138 valence electrons. The average molecular weight is 408 g/mol. The van der Waals surface area contributed by atoms with Crippen molar-refractivity contribution in [3.05, 3.63) is 88.9 Å². The monoisotopic (exact) mass is 407 g/mol. The van der Waals surface area contributed by atoms with Crippen LogP contribution in [0.4, 0.5) is 5.13 Å². The fourth-order valence-electron chi connectivity index (χ4n) is 2.46. The predicted molar refractivity (Wildman–Crippen MR) is 114 cm³/mol. The first-order valence-corrected chi connectivity index (χ1v) is 9.59. The number of hydrogen-bond acceptors (Lipinski definition) is 6. The fourth-order valence-corrected chi connectivity index (χ4v) is 3.40.